The minimum absolute atomic E-state index is 0.00745. The second-order valence-corrected chi connectivity index (χ2v) is 9.63. The molecule has 4 atom stereocenters. The number of hydrogen-bond acceptors (Lipinski definition) is 8. The molecule has 0 bridgehead atoms. The van der Waals surface area contributed by atoms with E-state index in [4.69, 9.17) is 4.74 Å². The van der Waals surface area contributed by atoms with Crippen LogP contribution >= 0.6 is 0 Å². The lowest BCUT2D eigenvalue weighted by Crippen LogP contribution is -2.58. The molecule has 0 aliphatic carbocycles. The molecule has 3 aromatic carbocycles. The van der Waals surface area contributed by atoms with Crippen LogP contribution in [0.5, 0.6) is 5.75 Å². The van der Waals surface area contributed by atoms with Crippen molar-refractivity contribution in [3.05, 3.63) is 102 Å². The quantitative estimate of drug-likeness (QED) is 0.193. The standard InChI is InChI=1S/C31H35N3O8/c1-20(35)27(30(39)41-2)34-29(38)25(18-22-13-15-24(36)16-14-22)32-28(37)26(17-21-9-5-3-6-10-21)33-31(40)42-19-23-11-7-4-8-12-23/h3-16,20,25-27,35-36H,17-19H2,1-2H3,(H,32,37)(H,33,40)(H,34,38)/t20-,25+,26+,27+/m0/s1. The van der Waals surface area contributed by atoms with Gasteiger partial charge in [0.2, 0.25) is 11.8 Å². The highest BCUT2D eigenvalue weighted by atomic mass is 16.5. The normalized spacial score (nSPS) is 13.5. The summed E-state index contributed by atoms with van der Waals surface area (Å²) in [7, 11) is 1.12. The number of hydrogen-bond donors (Lipinski definition) is 5. The van der Waals surface area contributed by atoms with E-state index in [9.17, 15) is 29.4 Å². The molecule has 222 valence electrons. The average Bonchev–Trinajstić information content (AvgIpc) is 2.99. The number of aromatic hydroxyl groups is 1. The number of rotatable bonds is 13. The van der Waals surface area contributed by atoms with Gasteiger partial charge in [0.05, 0.1) is 13.2 Å². The van der Waals surface area contributed by atoms with Crippen LogP contribution in [0.1, 0.15) is 23.6 Å². The van der Waals surface area contributed by atoms with Gasteiger partial charge >= 0.3 is 12.1 Å². The Kier molecular flexibility index (Phi) is 11.9. The number of phenols is 1. The molecule has 3 aromatic rings. The molecule has 11 nitrogen and oxygen atoms in total. The maximum Gasteiger partial charge on any atom is 0.408 e. The fourth-order valence-electron chi connectivity index (χ4n) is 4.07. The van der Waals surface area contributed by atoms with Crippen LogP contribution in [-0.2, 0) is 43.3 Å². The number of amides is 3. The summed E-state index contributed by atoms with van der Waals surface area (Å²) in [4.78, 5) is 51.8. The van der Waals surface area contributed by atoms with Gasteiger partial charge in [-0.3, -0.25) is 9.59 Å². The van der Waals surface area contributed by atoms with Crippen molar-refractivity contribution in [1.82, 2.24) is 16.0 Å². The molecule has 3 amide bonds. The van der Waals surface area contributed by atoms with E-state index in [-0.39, 0.29) is 25.2 Å². The molecule has 3 rings (SSSR count). The number of carbonyl (C=O) groups is 4. The zero-order valence-electron chi connectivity index (χ0n) is 23.4. The van der Waals surface area contributed by atoms with E-state index in [1.54, 1.807) is 48.5 Å². The molecule has 0 saturated carbocycles. The first kappa shape index (κ1) is 31.6. The average molecular weight is 578 g/mol. The van der Waals surface area contributed by atoms with Crippen LogP contribution in [0, 0.1) is 0 Å². The first-order valence-corrected chi connectivity index (χ1v) is 13.3. The molecule has 0 fully saturated rings. The van der Waals surface area contributed by atoms with Gasteiger partial charge in [-0.1, -0.05) is 72.8 Å². The second-order valence-electron chi connectivity index (χ2n) is 9.63. The van der Waals surface area contributed by atoms with E-state index < -0.39 is 48.1 Å². The number of ether oxygens (including phenoxy) is 2. The van der Waals surface area contributed by atoms with E-state index >= 15 is 0 Å². The van der Waals surface area contributed by atoms with E-state index in [0.717, 1.165) is 18.2 Å². The third kappa shape index (κ3) is 9.93. The summed E-state index contributed by atoms with van der Waals surface area (Å²) in [5, 5.41) is 27.4. The number of aliphatic hydroxyl groups excluding tert-OH is 1. The van der Waals surface area contributed by atoms with Gasteiger partial charge in [-0.05, 0) is 35.7 Å². The van der Waals surface area contributed by atoms with Crippen LogP contribution in [0.4, 0.5) is 4.79 Å². The fourth-order valence-corrected chi connectivity index (χ4v) is 4.07. The first-order valence-electron chi connectivity index (χ1n) is 13.3. The van der Waals surface area contributed by atoms with Crippen molar-refractivity contribution in [2.45, 2.75) is 50.6 Å². The molecule has 0 aromatic heterocycles. The monoisotopic (exact) mass is 577 g/mol. The van der Waals surface area contributed by atoms with Gasteiger partial charge in [-0.15, -0.1) is 0 Å². The van der Waals surface area contributed by atoms with E-state index in [1.807, 2.05) is 24.3 Å². The van der Waals surface area contributed by atoms with Gasteiger partial charge < -0.3 is 35.6 Å². The van der Waals surface area contributed by atoms with Crippen LogP contribution in [0.3, 0.4) is 0 Å². The molecule has 0 unspecified atom stereocenters. The zero-order chi connectivity index (χ0) is 30.5. The van der Waals surface area contributed by atoms with Crippen molar-refractivity contribution in [2.75, 3.05) is 7.11 Å². The van der Waals surface area contributed by atoms with Crippen molar-refractivity contribution in [3.63, 3.8) is 0 Å². The molecule has 0 heterocycles. The van der Waals surface area contributed by atoms with Crippen LogP contribution < -0.4 is 16.0 Å². The van der Waals surface area contributed by atoms with E-state index in [0.29, 0.717) is 5.56 Å². The van der Waals surface area contributed by atoms with Crippen LogP contribution in [-0.4, -0.2) is 65.4 Å². The van der Waals surface area contributed by atoms with Crippen molar-refractivity contribution in [1.29, 1.82) is 0 Å². The van der Waals surface area contributed by atoms with Gasteiger partial charge in [0, 0.05) is 12.8 Å². The predicted octanol–water partition coefficient (Wildman–Crippen LogP) is 2.00. The number of phenolic OH excluding ortho intramolecular Hbond substituents is 1. The fraction of sp³-hybridized carbons (Fsp3) is 0.290. The minimum Gasteiger partial charge on any atom is -0.508 e. The lowest BCUT2D eigenvalue weighted by molar-refractivity contribution is -0.148. The Bertz CT molecular complexity index is 1320. The van der Waals surface area contributed by atoms with Gasteiger partial charge in [0.25, 0.3) is 0 Å². The summed E-state index contributed by atoms with van der Waals surface area (Å²) < 4.78 is 9.99. The molecule has 0 aliphatic rings. The Morgan fingerprint density at radius 2 is 1.21 bits per heavy atom. The number of esters is 1. The highest BCUT2D eigenvalue weighted by molar-refractivity contribution is 5.93. The van der Waals surface area contributed by atoms with Crippen molar-refractivity contribution >= 4 is 23.9 Å². The Hall–Kier alpha value is -4.90. The molecular formula is C31H35N3O8. The number of nitrogens with one attached hydrogen (secondary N) is 3. The zero-order valence-corrected chi connectivity index (χ0v) is 23.4. The summed E-state index contributed by atoms with van der Waals surface area (Å²) in [6.45, 7) is 1.31. The van der Waals surface area contributed by atoms with Crippen molar-refractivity contribution in [2.24, 2.45) is 0 Å². The number of alkyl carbamates (subject to hydrolysis) is 1. The third-order valence-corrected chi connectivity index (χ3v) is 6.35. The van der Waals surface area contributed by atoms with E-state index in [1.165, 1.54) is 19.1 Å². The van der Waals surface area contributed by atoms with Gasteiger partial charge in [0.1, 0.15) is 24.4 Å². The molecule has 5 N–H and O–H groups in total. The molecule has 0 radical (unpaired) electrons. The number of carbonyl (C=O) groups excluding carboxylic acids is 4. The smallest absolute Gasteiger partial charge is 0.408 e. The maximum atomic E-state index is 13.6. The lowest BCUT2D eigenvalue weighted by Gasteiger charge is -2.26. The minimum atomic E-state index is -1.38. The Labute approximate surface area is 243 Å². The van der Waals surface area contributed by atoms with Crippen LogP contribution in [0.2, 0.25) is 0 Å². The summed E-state index contributed by atoms with van der Waals surface area (Å²) in [5.74, 6) is -2.29. The topological polar surface area (TPSA) is 163 Å². The Balaban J connectivity index is 1.81. The Morgan fingerprint density at radius 1 is 0.714 bits per heavy atom. The molecule has 42 heavy (non-hydrogen) atoms. The number of methoxy groups -OCH3 is 1. The molecular weight excluding hydrogens is 542 g/mol. The van der Waals surface area contributed by atoms with E-state index in [2.05, 4.69) is 20.7 Å². The van der Waals surface area contributed by atoms with Gasteiger partial charge in [-0.25, -0.2) is 9.59 Å². The molecule has 11 heteroatoms. The van der Waals surface area contributed by atoms with Crippen molar-refractivity contribution in [3.8, 4) is 5.75 Å². The second kappa shape index (κ2) is 15.8. The number of aliphatic hydroxyl groups is 1. The first-order chi connectivity index (χ1) is 20.2. The summed E-state index contributed by atoms with van der Waals surface area (Å²) in [6, 6.07) is 20.3. The molecule has 0 saturated heterocycles. The summed E-state index contributed by atoms with van der Waals surface area (Å²) in [6.07, 6.45) is -2.03. The molecule has 0 aliphatic heterocycles. The third-order valence-electron chi connectivity index (χ3n) is 6.35. The highest BCUT2D eigenvalue weighted by Gasteiger charge is 2.32. The van der Waals surface area contributed by atoms with Crippen molar-refractivity contribution < 1.29 is 38.9 Å². The maximum absolute atomic E-state index is 13.6. The highest BCUT2D eigenvalue weighted by Crippen LogP contribution is 2.13. The summed E-state index contributed by atoms with van der Waals surface area (Å²) >= 11 is 0. The lowest BCUT2D eigenvalue weighted by atomic mass is 10.0. The predicted molar refractivity (Wildman–Crippen MR) is 153 cm³/mol. The summed E-state index contributed by atoms with van der Waals surface area (Å²) in [5.41, 5.74) is 2.11. The molecule has 0 spiro atoms. The van der Waals surface area contributed by atoms with Crippen LogP contribution in [0.15, 0.2) is 84.9 Å². The van der Waals surface area contributed by atoms with Gasteiger partial charge in [0.15, 0.2) is 6.04 Å². The number of benzene rings is 3. The van der Waals surface area contributed by atoms with Gasteiger partial charge in [-0.2, -0.15) is 0 Å². The van der Waals surface area contributed by atoms with Crippen LogP contribution in [0.25, 0.3) is 0 Å². The SMILES string of the molecule is COC(=O)[C@H](NC(=O)[C@@H](Cc1ccc(O)cc1)NC(=O)[C@@H](Cc1ccccc1)NC(=O)OCc1ccccc1)[C@H](C)O. The Morgan fingerprint density at radius 3 is 1.76 bits per heavy atom. The largest absolute Gasteiger partial charge is 0.508 e.